The normalized spacial score (nSPS) is 10.5. The molecule has 0 radical (unpaired) electrons. The molecule has 0 spiro atoms. The molecule has 14 heavy (non-hydrogen) atoms. The maximum atomic E-state index is 2.34. The topological polar surface area (TPSA) is 0 Å². The van der Waals surface area contributed by atoms with Crippen LogP contribution in [0.5, 0.6) is 0 Å². The first-order valence-corrected chi connectivity index (χ1v) is 7.47. The van der Waals surface area contributed by atoms with Crippen molar-refractivity contribution in [1.82, 2.24) is 0 Å². The van der Waals surface area contributed by atoms with Crippen molar-refractivity contribution >= 4 is 23.5 Å². The second-order valence-corrected chi connectivity index (χ2v) is 4.99. The summed E-state index contributed by atoms with van der Waals surface area (Å²) in [6.07, 6.45) is 8.09. The third-order valence-corrected chi connectivity index (χ3v) is 3.97. The van der Waals surface area contributed by atoms with E-state index in [1.165, 1.54) is 34.6 Å². The number of unbranched alkanes of at least 4 members (excludes halogenated alkanes) is 1. The molecule has 0 amide bonds. The number of thioether (sulfide) groups is 2. The molecular weight excluding hydrogens is 208 g/mol. The number of rotatable bonds is 5. The fourth-order valence-electron chi connectivity index (χ4n) is 1.42. The molecule has 0 bridgehead atoms. The zero-order valence-corrected chi connectivity index (χ0v) is 10.8. The smallest absolute Gasteiger partial charge is 0.0208 e. The zero-order valence-electron chi connectivity index (χ0n) is 9.17. The van der Waals surface area contributed by atoms with Crippen LogP contribution in [0.3, 0.4) is 0 Å². The molecule has 0 fully saturated rings. The average molecular weight is 226 g/mol. The lowest BCUT2D eigenvalue weighted by Crippen LogP contribution is -1.86. The SMILES string of the molecule is CCCCc1ccc(SC)c(SC)c1. The van der Waals surface area contributed by atoms with Crippen LogP contribution in [0.15, 0.2) is 28.0 Å². The van der Waals surface area contributed by atoms with Crippen LogP contribution < -0.4 is 0 Å². The Morgan fingerprint density at radius 3 is 2.36 bits per heavy atom. The second kappa shape index (κ2) is 6.41. The first kappa shape index (κ1) is 12.0. The van der Waals surface area contributed by atoms with E-state index in [-0.39, 0.29) is 0 Å². The van der Waals surface area contributed by atoms with E-state index in [2.05, 4.69) is 37.6 Å². The van der Waals surface area contributed by atoms with Crippen LogP contribution in [0.25, 0.3) is 0 Å². The van der Waals surface area contributed by atoms with E-state index < -0.39 is 0 Å². The maximum absolute atomic E-state index is 2.34. The van der Waals surface area contributed by atoms with Crippen LogP contribution >= 0.6 is 23.5 Å². The summed E-state index contributed by atoms with van der Waals surface area (Å²) in [6.45, 7) is 2.24. The van der Waals surface area contributed by atoms with Gasteiger partial charge in [-0.25, -0.2) is 0 Å². The lowest BCUT2D eigenvalue weighted by atomic mass is 10.1. The first-order valence-electron chi connectivity index (χ1n) is 5.02. The van der Waals surface area contributed by atoms with Crippen molar-refractivity contribution in [2.75, 3.05) is 12.5 Å². The number of benzene rings is 1. The number of aryl methyl sites for hydroxylation is 1. The van der Waals surface area contributed by atoms with Gasteiger partial charge in [-0.3, -0.25) is 0 Å². The molecule has 0 unspecified atom stereocenters. The molecule has 78 valence electrons. The molecule has 2 heteroatoms. The van der Waals surface area contributed by atoms with Gasteiger partial charge in [-0.05, 0) is 43.0 Å². The highest BCUT2D eigenvalue weighted by atomic mass is 32.2. The Hall–Kier alpha value is -0.0800. The Morgan fingerprint density at radius 1 is 1.07 bits per heavy atom. The molecule has 0 heterocycles. The third-order valence-electron chi connectivity index (χ3n) is 2.27. The lowest BCUT2D eigenvalue weighted by molar-refractivity contribution is 0.792. The van der Waals surface area contributed by atoms with E-state index in [9.17, 15) is 0 Å². The fourth-order valence-corrected chi connectivity index (χ4v) is 2.92. The Balaban J connectivity index is 2.79. The molecule has 0 atom stereocenters. The summed E-state index contributed by atoms with van der Waals surface area (Å²) >= 11 is 3.68. The van der Waals surface area contributed by atoms with Gasteiger partial charge < -0.3 is 0 Å². The van der Waals surface area contributed by atoms with E-state index in [0.29, 0.717) is 0 Å². The minimum Gasteiger partial charge on any atom is -0.128 e. The largest absolute Gasteiger partial charge is 0.128 e. The second-order valence-electron chi connectivity index (χ2n) is 3.29. The maximum Gasteiger partial charge on any atom is 0.0208 e. The third kappa shape index (κ3) is 3.25. The van der Waals surface area contributed by atoms with Crippen molar-refractivity contribution in [3.63, 3.8) is 0 Å². The van der Waals surface area contributed by atoms with Crippen molar-refractivity contribution in [2.45, 2.75) is 36.0 Å². The molecule has 0 nitrogen and oxygen atoms in total. The summed E-state index contributed by atoms with van der Waals surface area (Å²) in [6, 6.07) is 6.86. The number of hydrogen-bond donors (Lipinski definition) is 0. The predicted octanol–water partition coefficient (Wildman–Crippen LogP) is 4.47. The minimum absolute atomic E-state index is 1.22. The molecule has 0 aromatic heterocycles. The molecule has 0 saturated heterocycles. The highest BCUT2D eigenvalue weighted by Crippen LogP contribution is 2.29. The van der Waals surface area contributed by atoms with Gasteiger partial charge in [0, 0.05) is 9.79 Å². The van der Waals surface area contributed by atoms with Crippen LogP contribution in [-0.2, 0) is 6.42 Å². The molecular formula is C12H18S2. The summed E-state index contributed by atoms with van der Waals surface area (Å²) in [5.41, 5.74) is 1.48. The summed E-state index contributed by atoms with van der Waals surface area (Å²) in [4.78, 5) is 2.82. The van der Waals surface area contributed by atoms with Crippen LogP contribution in [0.1, 0.15) is 25.3 Å². The molecule has 0 N–H and O–H groups in total. The zero-order chi connectivity index (χ0) is 10.4. The van der Waals surface area contributed by atoms with Gasteiger partial charge in [-0.15, -0.1) is 23.5 Å². The van der Waals surface area contributed by atoms with Gasteiger partial charge in [0.1, 0.15) is 0 Å². The van der Waals surface area contributed by atoms with Gasteiger partial charge in [-0.2, -0.15) is 0 Å². The van der Waals surface area contributed by atoms with E-state index in [0.717, 1.165) is 0 Å². The molecule has 0 aliphatic carbocycles. The minimum atomic E-state index is 1.22. The molecule has 1 aromatic carbocycles. The van der Waals surface area contributed by atoms with Crippen molar-refractivity contribution in [3.05, 3.63) is 23.8 Å². The van der Waals surface area contributed by atoms with Gasteiger partial charge in [0.15, 0.2) is 0 Å². The van der Waals surface area contributed by atoms with Crippen LogP contribution in [0, 0.1) is 0 Å². The van der Waals surface area contributed by atoms with Crippen LogP contribution in [-0.4, -0.2) is 12.5 Å². The molecule has 0 aliphatic heterocycles. The average Bonchev–Trinajstić information content (AvgIpc) is 2.25. The number of hydrogen-bond acceptors (Lipinski definition) is 2. The van der Waals surface area contributed by atoms with E-state index >= 15 is 0 Å². The van der Waals surface area contributed by atoms with Gasteiger partial charge in [0.2, 0.25) is 0 Å². The van der Waals surface area contributed by atoms with Crippen molar-refractivity contribution in [2.24, 2.45) is 0 Å². The standard InChI is InChI=1S/C12H18S2/c1-4-5-6-10-7-8-11(13-2)12(9-10)14-3/h7-9H,4-6H2,1-3H3. The van der Waals surface area contributed by atoms with Crippen molar-refractivity contribution in [1.29, 1.82) is 0 Å². The summed E-state index contributed by atoms with van der Waals surface area (Å²) in [5.74, 6) is 0. The van der Waals surface area contributed by atoms with Crippen molar-refractivity contribution < 1.29 is 0 Å². The molecule has 1 rings (SSSR count). The van der Waals surface area contributed by atoms with Crippen LogP contribution in [0.2, 0.25) is 0 Å². The Morgan fingerprint density at radius 2 is 1.79 bits per heavy atom. The summed E-state index contributed by atoms with van der Waals surface area (Å²) < 4.78 is 0. The van der Waals surface area contributed by atoms with Gasteiger partial charge in [0.25, 0.3) is 0 Å². The molecule has 1 aromatic rings. The predicted molar refractivity (Wildman–Crippen MR) is 68.6 cm³/mol. The van der Waals surface area contributed by atoms with Gasteiger partial charge >= 0.3 is 0 Å². The van der Waals surface area contributed by atoms with E-state index in [1.54, 1.807) is 0 Å². The highest BCUT2D eigenvalue weighted by molar-refractivity contribution is 8.01. The highest BCUT2D eigenvalue weighted by Gasteiger charge is 2.01. The van der Waals surface area contributed by atoms with Crippen molar-refractivity contribution in [3.8, 4) is 0 Å². The Bertz CT molecular complexity index is 282. The van der Waals surface area contributed by atoms with Crippen LogP contribution in [0.4, 0.5) is 0 Å². The summed E-state index contributed by atoms with van der Waals surface area (Å²) in [7, 11) is 0. The van der Waals surface area contributed by atoms with Gasteiger partial charge in [0.05, 0.1) is 0 Å². The van der Waals surface area contributed by atoms with E-state index in [4.69, 9.17) is 0 Å². The fraction of sp³-hybridized carbons (Fsp3) is 0.500. The molecule has 0 saturated carbocycles. The van der Waals surface area contributed by atoms with Gasteiger partial charge in [-0.1, -0.05) is 19.4 Å². The lowest BCUT2D eigenvalue weighted by Gasteiger charge is -2.07. The Labute approximate surface area is 95.9 Å². The molecule has 0 aliphatic rings. The monoisotopic (exact) mass is 226 g/mol. The Kier molecular flexibility index (Phi) is 5.49. The first-order chi connectivity index (χ1) is 6.81. The van der Waals surface area contributed by atoms with E-state index in [1.807, 2.05) is 23.5 Å². The quantitative estimate of drug-likeness (QED) is 0.679. The summed E-state index contributed by atoms with van der Waals surface area (Å²) in [5, 5.41) is 0.